The topological polar surface area (TPSA) is 156 Å². The number of hydrogen-bond acceptors (Lipinski definition) is 12. The first-order valence-electron chi connectivity index (χ1n) is 9.15. The van der Waals surface area contributed by atoms with Crippen molar-refractivity contribution < 1.29 is 47.7 Å². The van der Waals surface area contributed by atoms with Crippen molar-refractivity contribution in [1.29, 1.82) is 0 Å². The van der Waals surface area contributed by atoms with E-state index >= 15 is 0 Å². The molecule has 1 N–H and O–H groups in total. The minimum Gasteiger partial charge on any atom is -0.462 e. The molecule has 0 aromatic carbocycles. The molecule has 0 unspecified atom stereocenters. The molecule has 13 heteroatoms. The van der Waals surface area contributed by atoms with Gasteiger partial charge in [-0.1, -0.05) is 11.3 Å². The molecule has 1 amide bonds. The largest absolute Gasteiger partial charge is 0.514 e. The summed E-state index contributed by atoms with van der Waals surface area (Å²) in [6, 6.07) is 0. The van der Waals surface area contributed by atoms with Crippen LogP contribution in [0.5, 0.6) is 0 Å². The lowest BCUT2D eigenvalue weighted by atomic mass is 10.1. The van der Waals surface area contributed by atoms with Crippen molar-refractivity contribution in [3.8, 4) is 0 Å². The lowest BCUT2D eigenvalue weighted by molar-refractivity contribution is -0.152. The maximum atomic E-state index is 12.5. The Labute approximate surface area is 181 Å². The van der Waals surface area contributed by atoms with Crippen molar-refractivity contribution in [2.24, 2.45) is 4.99 Å². The number of hydrogen-bond donors (Lipinski definition) is 1. The van der Waals surface area contributed by atoms with Gasteiger partial charge < -0.3 is 29.0 Å². The van der Waals surface area contributed by atoms with Crippen LogP contribution in [0.2, 0.25) is 0 Å². The Morgan fingerprint density at radius 2 is 1.39 bits per heavy atom. The smallest absolute Gasteiger partial charge is 0.462 e. The molecule has 0 radical (unpaired) electrons. The molecule has 0 saturated carbocycles. The number of rotatable bonds is 9. The number of carbonyl (C=O) groups excluding carboxylic acids is 5. The van der Waals surface area contributed by atoms with Gasteiger partial charge in [0.25, 0.3) is 0 Å². The van der Waals surface area contributed by atoms with Crippen LogP contribution in [0, 0.1) is 0 Å². The lowest BCUT2D eigenvalue weighted by Crippen LogP contribution is -2.25. The van der Waals surface area contributed by atoms with Gasteiger partial charge in [-0.15, -0.1) is 0 Å². The lowest BCUT2D eigenvalue weighted by Gasteiger charge is -2.08. The molecule has 31 heavy (non-hydrogen) atoms. The predicted molar refractivity (Wildman–Crippen MR) is 108 cm³/mol. The number of aliphatic imine (C=N–C) groups is 1. The zero-order chi connectivity index (χ0) is 23.4. The van der Waals surface area contributed by atoms with Crippen molar-refractivity contribution >= 4 is 57.7 Å². The Balaban J connectivity index is 3.45. The average Bonchev–Trinajstić information content (AvgIpc) is 3.06. The van der Waals surface area contributed by atoms with Crippen LogP contribution >= 0.6 is 11.3 Å². The van der Waals surface area contributed by atoms with Gasteiger partial charge >= 0.3 is 30.0 Å². The molecular formula is C18H22N2O10S. The first-order chi connectivity index (χ1) is 14.8. The Hall–Kier alpha value is -3.48. The van der Waals surface area contributed by atoms with Crippen LogP contribution in [0.15, 0.2) is 4.99 Å². The fraction of sp³-hybridized carbons (Fsp3) is 0.444. The van der Waals surface area contributed by atoms with Gasteiger partial charge in [-0.05, 0) is 27.7 Å². The van der Waals surface area contributed by atoms with E-state index in [4.69, 9.17) is 9.47 Å². The number of thiophene rings is 1. The zero-order valence-corrected chi connectivity index (χ0v) is 18.2. The normalized spacial score (nSPS) is 10.3. The molecule has 0 spiro atoms. The first kappa shape index (κ1) is 25.6. The van der Waals surface area contributed by atoms with E-state index in [1.54, 1.807) is 13.8 Å². The van der Waals surface area contributed by atoms with Gasteiger partial charge in [-0.3, -0.25) is 4.79 Å². The van der Waals surface area contributed by atoms with E-state index in [9.17, 15) is 24.0 Å². The van der Waals surface area contributed by atoms with Gasteiger partial charge in [0.1, 0.15) is 21.1 Å². The van der Waals surface area contributed by atoms with E-state index in [1.165, 1.54) is 13.8 Å². The van der Waals surface area contributed by atoms with E-state index in [0.717, 1.165) is 0 Å². The van der Waals surface area contributed by atoms with Crippen LogP contribution in [-0.2, 0) is 33.3 Å². The fourth-order valence-corrected chi connectivity index (χ4v) is 3.02. The molecule has 0 saturated heterocycles. The molecule has 1 aromatic heterocycles. The van der Waals surface area contributed by atoms with Crippen molar-refractivity contribution in [3.63, 3.8) is 0 Å². The first-order valence-corrected chi connectivity index (χ1v) is 9.97. The standard InChI is InChI=1S/C18H22N2O10S/c1-5-26-15(22)10-11(16(23)27-6-2)14(20-12(21)17(24)28-7-3)31-13(10)19-9-30-18(25)29-8-4/h9H,5-8H2,1-4H3,(H,20,21)/b19-9+. The zero-order valence-electron chi connectivity index (χ0n) is 17.3. The second-order valence-electron chi connectivity index (χ2n) is 5.14. The van der Waals surface area contributed by atoms with Crippen LogP contribution in [-0.4, -0.2) is 62.8 Å². The molecule has 1 rings (SSSR count). The molecule has 0 aliphatic carbocycles. The summed E-state index contributed by atoms with van der Waals surface area (Å²) < 4.78 is 23.7. The number of nitrogens with zero attached hydrogens (tertiary/aromatic N) is 1. The number of nitrogens with one attached hydrogen (secondary N) is 1. The maximum Gasteiger partial charge on any atom is 0.514 e. The SMILES string of the molecule is CCOC(=O)O/C=N/c1sc(NC(=O)C(=O)OCC)c(C(=O)OCC)c1C(=O)OCC. The van der Waals surface area contributed by atoms with Gasteiger partial charge in [0, 0.05) is 0 Å². The number of carbonyl (C=O) groups is 5. The van der Waals surface area contributed by atoms with Gasteiger partial charge in [0.05, 0.1) is 26.4 Å². The second kappa shape index (κ2) is 13.0. The highest BCUT2D eigenvalue weighted by Gasteiger charge is 2.32. The van der Waals surface area contributed by atoms with Gasteiger partial charge in [0.2, 0.25) is 0 Å². The summed E-state index contributed by atoms with van der Waals surface area (Å²) in [5.74, 6) is -4.28. The van der Waals surface area contributed by atoms with E-state index in [0.29, 0.717) is 17.7 Å². The Bertz CT molecular complexity index is 862. The van der Waals surface area contributed by atoms with Crippen molar-refractivity contribution in [1.82, 2.24) is 0 Å². The van der Waals surface area contributed by atoms with Crippen LogP contribution in [0.3, 0.4) is 0 Å². The number of anilines is 1. The monoisotopic (exact) mass is 458 g/mol. The number of amides is 1. The van der Waals surface area contributed by atoms with Crippen LogP contribution in [0.25, 0.3) is 0 Å². The Kier molecular flexibility index (Phi) is 10.7. The van der Waals surface area contributed by atoms with E-state index in [1.807, 2.05) is 0 Å². The molecule has 0 fully saturated rings. The third-order valence-corrected chi connectivity index (χ3v) is 4.13. The summed E-state index contributed by atoms with van der Waals surface area (Å²) in [7, 11) is 0. The van der Waals surface area contributed by atoms with E-state index in [2.05, 4.69) is 24.5 Å². The minimum atomic E-state index is -1.20. The Morgan fingerprint density at radius 1 is 0.839 bits per heavy atom. The van der Waals surface area contributed by atoms with E-state index in [-0.39, 0.29) is 47.6 Å². The molecule has 170 valence electrons. The van der Waals surface area contributed by atoms with E-state index < -0.39 is 30.0 Å². The van der Waals surface area contributed by atoms with Crippen LogP contribution in [0.1, 0.15) is 48.4 Å². The molecule has 1 aromatic rings. The van der Waals surface area contributed by atoms with Crippen LogP contribution in [0.4, 0.5) is 14.8 Å². The highest BCUT2D eigenvalue weighted by atomic mass is 32.1. The second-order valence-corrected chi connectivity index (χ2v) is 6.14. The summed E-state index contributed by atoms with van der Waals surface area (Å²) in [5.41, 5.74) is -0.709. The number of ether oxygens (including phenoxy) is 5. The third-order valence-electron chi connectivity index (χ3n) is 3.12. The molecular weight excluding hydrogens is 436 g/mol. The highest BCUT2D eigenvalue weighted by Crippen LogP contribution is 2.40. The molecule has 12 nitrogen and oxygen atoms in total. The summed E-state index contributed by atoms with van der Waals surface area (Å²) in [6.07, 6.45) is -0.347. The van der Waals surface area contributed by atoms with Crippen molar-refractivity contribution in [2.75, 3.05) is 31.7 Å². The summed E-state index contributed by atoms with van der Waals surface area (Å²) in [4.78, 5) is 63.8. The third kappa shape index (κ3) is 7.37. The number of esters is 3. The Morgan fingerprint density at radius 3 is 1.94 bits per heavy atom. The molecule has 0 aliphatic rings. The summed E-state index contributed by atoms with van der Waals surface area (Å²) in [6.45, 7) is 6.13. The predicted octanol–water partition coefficient (Wildman–Crippen LogP) is 2.44. The molecule has 0 aliphatic heterocycles. The molecule has 0 bridgehead atoms. The maximum absolute atomic E-state index is 12.5. The average molecular weight is 458 g/mol. The van der Waals surface area contributed by atoms with Gasteiger partial charge in [-0.25, -0.2) is 24.2 Å². The summed E-state index contributed by atoms with van der Waals surface area (Å²) >= 11 is 0.652. The molecule has 0 atom stereocenters. The summed E-state index contributed by atoms with van der Waals surface area (Å²) in [5, 5.41) is 1.85. The molecule has 1 heterocycles. The highest BCUT2D eigenvalue weighted by molar-refractivity contribution is 7.20. The minimum absolute atomic E-state index is 0.0239. The van der Waals surface area contributed by atoms with Gasteiger partial charge in [-0.2, -0.15) is 0 Å². The quantitative estimate of drug-likeness (QED) is 0.192. The fourth-order valence-electron chi connectivity index (χ4n) is 2.01. The van der Waals surface area contributed by atoms with Crippen molar-refractivity contribution in [2.45, 2.75) is 27.7 Å². The van der Waals surface area contributed by atoms with Crippen molar-refractivity contribution in [3.05, 3.63) is 11.1 Å². The van der Waals surface area contributed by atoms with Gasteiger partial charge in [0.15, 0.2) is 6.40 Å². The van der Waals surface area contributed by atoms with Crippen LogP contribution < -0.4 is 5.32 Å².